The van der Waals surface area contributed by atoms with Gasteiger partial charge in [-0.3, -0.25) is 0 Å². The van der Waals surface area contributed by atoms with Gasteiger partial charge in [0.1, 0.15) is 0 Å². The van der Waals surface area contributed by atoms with Crippen LogP contribution < -0.4 is 0 Å². The standard InChI is InChI=1S/C14H22/c1-9-11-3-5-13(7-11)14(9)8-10-2-4-12(14)6-10/h9-13H,2-8H2,1H3/t9-,10?,11?,12?,13+,14?/m0/s1. The molecule has 4 aliphatic rings. The average Bonchev–Trinajstić information content (AvgIpc) is 2.91. The molecular formula is C14H22. The number of hydrogen-bond donors (Lipinski definition) is 0. The third-order valence-corrected chi connectivity index (χ3v) is 6.73. The van der Waals surface area contributed by atoms with Crippen LogP contribution in [0.5, 0.6) is 0 Å². The Labute approximate surface area is 87.5 Å². The summed E-state index contributed by atoms with van der Waals surface area (Å²) < 4.78 is 0. The minimum Gasteiger partial charge on any atom is -0.0617 e. The van der Waals surface area contributed by atoms with Crippen LogP contribution in [0.1, 0.15) is 51.9 Å². The van der Waals surface area contributed by atoms with Gasteiger partial charge in [-0.25, -0.2) is 0 Å². The fourth-order valence-electron chi connectivity index (χ4n) is 6.24. The summed E-state index contributed by atoms with van der Waals surface area (Å²) in [6.07, 6.45) is 11.2. The van der Waals surface area contributed by atoms with E-state index in [9.17, 15) is 0 Å². The third kappa shape index (κ3) is 0.717. The van der Waals surface area contributed by atoms with Gasteiger partial charge in [-0.05, 0) is 73.5 Å². The van der Waals surface area contributed by atoms with Crippen LogP contribution in [0, 0.1) is 35.0 Å². The highest BCUT2D eigenvalue weighted by Gasteiger charge is 2.63. The molecule has 0 nitrogen and oxygen atoms in total. The van der Waals surface area contributed by atoms with Crippen LogP contribution in [0.25, 0.3) is 0 Å². The fraction of sp³-hybridized carbons (Fsp3) is 1.00. The highest BCUT2D eigenvalue weighted by Crippen LogP contribution is 2.72. The molecule has 0 saturated heterocycles. The predicted molar refractivity (Wildman–Crippen MR) is 57.9 cm³/mol. The second kappa shape index (κ2) is 2.39. The van der Waals surface area contributed by atoms with Crippen molar-refractivity contribution in [3.8, 4) is 0 Å². The fourth-order valence-corrected chi connectivity index (χ4v) is 6.24. The van der Waals surface area contributed by atoms with Crippen molar-refractivity contribution in [3.63, 3.8) is 0 Å². The van der Waals surface area contributed by atoms with Gasteiger partial charge in [0.05, 0.1) is 0 Å². The average molecular weight is 190 g/mol. The van der Waals surface area contributed by atoms with Crippen molar-refractivity contribution in [3.05, 3.63) is 0 Å². The van der Waals surface area contributed by atoms with Crippen LogP contribution in [0.4, 0.5) is 0 Å². The molecule has 6 atom stereocenters. The van der Waals surface area contributed by atoms with E-state index in [0.29, 0.717) is 0 Å². The van der Waals surface area contributed by atoms with E-state index >= 15 is 0 Å². The molecule has 4 bridgehead atoms. The summed E-state index contributed by atoms with van der Waals surface area (Å²) in [6, 6.07) is 0. The maximum Gasteiger partial charge on any atom is -0.0210 e. The Kier molecular flexibility index (Phi) is 1.40. The molecule has 0 heterocycles. The van der Waals surface area contributed by atoms with E-state index in [1.54, 1.807) is 44.9 Å². The molecule has 0 heteroatoms. The zero-order valence-corrected chi connectivity index (χ0v) is 9.34. The predicted octanol–water partition coefficient (Wildman–Crippen LogP) is 3.86. The summed E-state index contributed by atoms with van der Waals surface area (Å²) in [7, 11) is 0. The summed E-state index contributed by atoms with van der Waals surface area (Å²) in [5.41, 5.74) is 0.881. The molecule has 0 aromatic heterocycles. The van der Waals surface area contributed by atoms with Crippen molar-refractivity contribution in [2.75, 3.05) is 0 Å². The largest absolute Gasteiger partial charge is 0.0617 e. The SMILES string of the molecule is C[C@H]1C2CC[C@H](C2)C12CC1CCC2C1. The van der Waals surface area contributed by atoms with Crippen LogP contribution >= 0.6 is 0 Å². The quantitative estimate of drug-likeness (QED) is 0.544. The maximum absolute atomic E-state index is 2.60. The van der Waals surface area contributed by atoms with Gasteiger partial charge in [0, 0.05) is 0 Å². The van der Waals surface area contributed by atoms with Gasteiger partial charge in [0.15, 0.2) is 0 Å². The lowest BCUT2D eigenvalue weighted by molar-refractivity contribution is 0.0250. The first-order chi connectivity index (χ1) is 6.80. The minimum absolute atomic E-state index is 0.881. The monoisotopic (exact) mass is 190 g/mol. The minimum atomic E-state index is 0.881. The molecule has 14 heavy (non-hydrogen) atoms. The molecule has 78 valence electrons. The van der Waals surface area contributed by atoms with E-state index in [1.165, 1.54) is 0 Å². The van der Waals surface area contributed by atoms with E-state index in [0.717, 1.165) is 35.0 Å². The maximum atomic E-state index is 2.60. The van der Waals surface area contributed by atoms with Crippen LogP contribution in [-0.2, 0) is 0 Å². The van der Waals surface area contributed by atoms with Crippen LogP contribution in [-0.4, -0.2) is 0 Å². The number of rotatable bonds is 0. The molecule has 0 radical (unpaired) electrons. The summed E-state index contributed by atoms with van der Waals surface area (Å²) in [4.78, 5) is 0. The van der Waals surface area contributed by atoms with Gasteiger partial charge in [-0.15, -0.1) is 0 Å². The highest BCUT2D eigenvalue weighted by atomic mass is 14.7. The molecule has 4 rings (SSSR count). The summed E-state index contributed by atoms with van der Waals surface area (Å²) in [6.45, 7) is 2.60. The first-order valence-corrected chi connectivity index (χ1v) is 6.80. The Morgan fingerprint density at radius 3 is 2.29 bits per heavy atom. The zero-order chi connectivity index (χ0) is 9.34. The third-order valence-electron chi connectivity index (χ3n) is 6.73. The van der Waals surface area contributed by atoms with Gasteiger partial charge in [0.2, 0.25) is 0 Å². The lowest BCUT2D eigenvalue weighted by atomic mass is 9.59. The molecule has 4 unspecified atom stereocenters. The molecule has 4 fully saturated rings. The molecular weight excluding hydrogens is 168 g/mol. The second-order valence-corrected chi connectivity index (χ2v) is 6.75. The Morgan fingerprint density at radius 1 is 0.929 bits per heavy atom. The smallest absolute Gasteiger partial charge is 0.0210 e. The number of fused-ring (bicyclic) bond motifs is 6. The highest BCUT2D eigenvalue weighted by molar-refractivity contribution is 5.13. The normalized spacial score (nSPS) is 64.5. The van der Waals surface area contributed by atoms with Crippen molar-refractivity contribution in [1.82, 2.24) is 0 Å². The van der Waals surface area contributed by atoms with Crippen molar-refractivity contribution in [1.29, 1.82) is 0 Å². The first-order valence-electron chi connectivity index (χ1n) is 6.80. The molecule has 0 amide bonds. The molecule has 0 aromatic carbocycles. The lowest BCUT2D eigenvalue weighted by Gasteiger charge is -2.46. The van der Waals surface area contributed by atoms with E-state index in [1.807, 2.05) is 0 Å². The van der Waals surface area contributed by atoms with Crippen LogP contribution in [0.15, 0.2) is 0 Å². The molecule has 4 saturated carbocycles. The lowest BCUT2D eigenvalue weighted by Crippen LogP contribution is -2.39. The molecule has 0 aromatic rings. The van der Waals surface area contributed by atoms with E-state index in [2.05, 4.69) is 6.92 Å². The summed E-state index contributed by atoms with van der Waals surface area (Å²) >= 11 is 0. The van der Waals surface area contributed by atoms with E-state index in [-0.39, 0.29) is 0 Å². The zero-order valence-electron chi connectivity index (χ0n) is 9.34. The molecule has 0 aliphatic heterocycles. The van der Waals surface area contributed by atoms with Gasteiger partial charge < -0.3 is 0 Å². The van der Waals surface area contributed by atoms with Gasteiger partial charge in [0.25, 0.3) is 0 Å². The van der Waals surface area contributed by atoms with Gasteiger partial charge >= 0.3 is 0 Å². The summed E-state index contributed by atoms with van der Waals surface area (Å²) in [5.74, 6) is 5.72. The van der Waals surface area contributed by atoms with Crippen molar-refractivity contribution < 1.29 is 0 Å². The van der Waals surface area contributed by atoms with Crippen LogP contribution in [0.2, 0.25) is 0 Å². The Balaban J connectivity index is 1.76. The van der Waals surface area contributed by atoms with Crippen molar-refractivity contribution >= 4 is 0 Å². The second-order valence-electron chi connectivity index (χ2n) is 6.75. The van der Waals surface area contributed by atoms with E-state index in [4.69, 9.17) is 0 Å². The Bertz CT molecular complexity index is 258. The van der Waals surface area contributed by atoms with Gasteiger partial charge in [-0.1, -0.05) is 13.3 Å². The van der Waals surface area contributed by atoms with Crippen molar-refractivity contribution in [2.45, 2.75) is 51.9 Å². The molecule has 4 aliphatic carbocycles. The first kappa shape index (κ1) is 8.19. The van der Waals surface area contributed by atoms with Crippen molar-refractivity contribution in [2.24, 2.45) is 35.0 Å². The Morgan fingerprint density at radius 2 is 1.71 bits per heavy atom. The van der Waals surface area contributed by atoms with E-state index < -0.39 is 0 Å². The molecule has 0 N–H and O–H groups in total. The molecule has 1 spiro atoms. The topological polar surface area (TPSA) is 0 Å². The Hall–Kier alpha value is 0. The van der Waals surface area contributed by atoms with Crippen LogP contribution in [0.3, 0.4) is 0 Å². The summed E-state index contributed by atoms with van der Waals surface area (Å²) in [5, 5.41) is 0. The van der Waals surface area contributed by atoms with Gasteiger partial charge in [-0.2, -0.15) is 0 Å². The number of hydrogen-bond acceptors (Lipinski definition) is 0.